The van der Waals surface area contributed by atoms with Crippen LogP contribution in [0, 0.1) is 0 Å². The average molecular weight is 288 g/mol. The van der Waals surface area contributed by atoms with Crippen molar-refractivity contribution in [3.05, 3.63) is 35.9 Å². The van der Waals surface area contributed by atoms with Gasteiger partial charge in [0.15, 0.2) is 0 Å². The van der Waals surface area contributed by atoms with Gasteiger partial charge in [0.1, 0.15) is 6.54 Å². The van der Waals surface area contributed by atoms with E-state index in [0.29, 0.717) is 6.54 Å². The molecule has 1 amide bonds. The van der Waals surface area contributed by atoms with Gasteiger partial charge in [0.05, 0.1) is 6.04 Å². The second-order valence-electron chi connectivity index (χ2n) is 4.77. The summed E-state index contributed by atoms with van der Waals surface area (Å²) in [5.41, 5.74) is 1.11. The Labute approximate surface area is 116 Å². The van der Waals surface area contributed by atoms with E-state index in [2.05, 4.69) is 5.32 Å². The van der Waals surface area contributed by atoms with Crippen molar-refractivity contribution in [2.24, 2.45) is 0 Å². The molecule has 3 nitrogen and oxygen atoms in total. The van der Waals surface area contributed by atoms with E-state index in [4.69, 9.17) is 0 Å². The number of carbonyl (C=O) groups is 1. The number of carbonyl (C=O) groups excluding carboxylic acids is 1. The summed E-state index contributed by atoms with van der Waals surface area (Å²) in [6, 6.07) is 9.04. The number of nitrogens with one attached hydrogen (secondary N) is 2. The number of halogens is 3. The van der Waals surface area contributed by atoms with E-state index in [0.717, 1.165) is 5.56 Å². The van der Waals surface area contributed by atoms with Crippen molar-refractivity contribution in [1.29, 1.82) is 0 Å². The number of amides is 1. The summed E-state index contributed by atoms with van der Waals surface area (Å²) in [6.45, 7) is 2.75. The minimum Gasteiger partial charge on any atom is -0.346 e. The largest absolute Gasteiger partial charge is 0.405 e. The minimum absolute atomic E-state index is 0.175. The number of benzene rings is 1. The number of hydrogen-bond donors (Lipinski definition) is 2. The van der Waals surface area contributed by atoms with Crippen LogP contribution in [0.25, 0.3) is 0 Å². The van der Waals surface area contributed by atoms with Crippen LogP contribution in [0.1, 0.15) is 25.3 Å². The van der Waals surface area contributed by atoms with Crippen LogP contribution >= 0.6 is 0 Å². The first-order valence-corrected chi connectivity index (χ1v) is 6.42. The van der Waals surface area contributed by atoms with Crippen LogP contribution < -0.4 is 10.6 Å². The predicted molar refractivity (Wildman–Crippen MR) is 71.4 cm³/mol. The first kappa shape index (κ1) is 16.5. The standard InChI is InChI=1S/C14H19F3N2O/c1-10(12-6-4-3-5-7-12)8-18-11(2)13(20)19-9-14(15,16)17/h3-7,10-11,18H,8-9H2,1-2H3,(H,19,20). The fraction of sp³-hybridized carbons (Fsp3) is 0.500. The van der Waals surface area contributed by atoms with Crippen molar-refractivity contribution in [2.45, 2.75) is 32.0 Å². The van der Waals surface area contributed by atoms with Gasteiger partial charge < -0.3 is 10.6 Å². The molecule has 1 aromatic rings. The van der Waals surface area contributed by atoms with Crippen LogP contribution in [0.5, 0.6) is 0 Å². The number of hydrogen-bond acceptors (Lipinski definition) is 2. The molecule has 0 aliphatic carbocycles. The summed E-state index contributed by atoms with van der Waals surface area (Å²) >= 11 is 0. The fourth-order valence-corrected chi connectivity index (χ4v) is 1.69. The summed E-state index contributed by atoms with van der Waals surface area (Å²) < 4.78 is 35.9. The highest BCUT2D eigenvalue weighted by Gasteiger charge is 2.28. The molecule has 0 fully saturated rings. The Morgan fingerprint density at radius 1 is 1.20 bits per heavy atom. The molecule has 2 atom stereocenters. The molecular formula is C14H19F3N2O. The molecule has 20 heavy (non-hydrogen) atoms. The lowest BCUT2D eigenvalue weighted by Crippen LogP contribution is -2.46. The van der Waals surface area contributed by atoms with Crippen molar-refractivity contribution >= 4 is 5.91 Å². The Kier molecular flexibility index (Phi) is 6.01. The van der Waals surface area contributed by atoms with Crippen LogP contribution in [-0.2, 0) is 4.79 Å². The van der Waals surface area contributed by atoms with Crippen molar-refractivity contribution in [3.8, 4) is 0 Å². The van der Waals surface area contributed by atoms with Gasteiger partial charge in [-0.3, -0.25) is 4.79 Å². The third-order valence-electron chi connectivity index (χ3n) is 2.96. The second kappa shape index (κ2) is 7.28. The summed E-state index contributed by atoms with van der Waals surface area (Å²) in [6.07, 6.45) is -4.38. The molecule has 1 rings (SSSR count). The normalized spacial score (nSPS) is 14.7. The molecule has 0 bridgehead atoms. The van der Waals surface area contributed by atoms with Gasteiger partial charge in [0.2, 0.25) is 5.91 Å². The first-order valence-electron chi connectivity index (χ1n) is 6.42. The molecule has 112 valence electrons. The number of alkyl halides is 3. The zero-order valence-electron chi connectivity index (χ0n) is 11.5. The third kappa shape index (κ3) is 6.06. The van der Waals surface area contributed by atoms with Gasteiger partial charge in [0, 0.05) is 6.54 Å². The lowest BCUT2D eigenvalue weighted by molar-refractivity contribution is -0.139. The molecule has 0 radical (unpaired) electrons. The Morgan fingerprint density at radius 2 is 1.80 bits per heavy atom. The first-order chi connectivity index (χ1) is 9.29. The maximum absolute atomic E-state index is 12.0. The van der Waals surface area contributed by atoms with E-state index in [-0.39, 0.29) is 5.92 Å². The quantitative estimate of drug-likeness (QED) is 0.844. The second-order valence-corrected chi connectivity index (χ2v) is 4.77. The zero-order valence-corrected chi connectivity index (χ0v) is 11.5. The molecule has 0 aliphatic rings. The minimum atomic E-state index is -4.38. The maximum Gasteiger partial charge on any atom is 0.405 e. The van der Waals surface area contributed by atoms with Crippen LogP contribution in [0.3, 0.4) is 0 Å². The SMILES string of the molecule is CC(NCC(C)c1ccccc1)C(=O)NCC(F)(F)F. The monoisotopic (exact) mass is 288 g/mol. The van der Waals surface area contributed by atoms with Crippen molar-refractivity contribution in [1.82, 2.24) is 10.6 Å². The molecule has 0 saturated carbocycles. The van der Waals surface area contributed by atoms with Gasteiger partial charge in [-0.05, 0) is 18.4 Å². The molecule has 2 unspecified atom stereocenters. The van der Waals surface area contributed by atoms with Gasteiger partial charge in [-0.2, -0.15) is 13.2 Å². The lowest BCUT2D eigenvalue weighted by Gasteiger charge is -2.18. The zero-order chi connectivity index (χ0) is 15.2. The number of rotatable bonds is 6. The van der Waals surface area contributed by atoms with E-state index in [1.165, 1.54) is 0 Å². The fourth-order valence-electron chi connectivity index (χ4n) is 1.69. The molecule has 0 aliphatic heterocycles. The highest BCUT2D eigenvalue weighted by molar-refractivity contribution is 5.81. The Balaban J connectivity index is 2.35. The van der Waals surface area contributed by atoms with Crippen LogP contribution in [-0.4, -0.2) is 31.2 Å². The smallest absolute Gasteiger partial charge is 0.346 e. The van der Waals surface area contributed by atoms with E-state index in [1.807, 2.05) is 42.6 Å². The van der Waals surface area contributed by atoms with Crippen LogP contribution in [0.4, 0.5) is 13.2 Å². The van der Waals surface area contributed by atoms with E-state index >= 15 is 0 Å². The Bertz CT molecular complexity index is 420. The molecule has 1 aromatic carbocycles. The summed E-state index contributed by atoms with van der Waals surface area (Å²) in [7, 11) is 0. The highest BCUT2D eigenvalue weighted by Crippen LogP contribution is 2.14. The van der Waals surface area contributed by atoms with Gasteiger partial charge in [0.25, 0.3) is 0 Å². The van der Waals surface area contributed by atoms with Crippen molar-refractivity contribution < 1.29 is 18.0 Å². The molecule has 2 N–H and O–H groups in total. The van der Waals surface area contributed by atoms with E-state index in [9.17, 15) is 18.0 Å². The molecule has 6 heteroatoms. The van der Waals surface area contributed by atoms with Crippen molar-refractivity contribution in [3.63, 3.8) is 0 Å². The predicted octanol–water partition coefficient (Wildman–Crippen LogP) is 2.45. The molecule has 0 saturated heterocycles. The Hall–Kier alpha value is -1.56. The van der Waals surface area contributed by atoms with Gasteiger partial charge >= 0.3 is 6.18 Å². The van der Waals surface area contributed by atoms with Gasteiger partial charge in [-0.15, -0.1) is 0 Å². The summed E-state index contributed by atoms with van der Waals surface area (Å²) in [4.78, 5) is 11.5. The van der Waals surface area contributed by atoms with Gasteiger partial charge in [-0.25, -0.2) is 0 Å². The van der Waals surface area contributed by atoms with Crippen LogP contribution in [0.2, 0.25) is 0 Å². The Morgan fingerprint density at radius 3 is 2.35 bits per heavy atom. The van der Waals surface area contributed by atoms with E-state index < -0.39 is 24.7 Å². The van der Waals surface area contributed by atoms with E-state index in [1.54, 1.807) is 6.92 Å². The van der Waals surface area contributed by atoms with Crippen LogP contribution in [0.15, 0.2) is 30.3 Å². The average Bonchev–Trinajstić information content (AvgIpc) is 2.41. The third-order valence-corrected chi connectivity index (χ3v) is 2.96. The topological polar surface area (TPSA) is 41.1 Å². The molecule has 0 aromatic heterocycles. The van der Waals surface area contributed by atoms with Crippen molar-refractivity contribution in [2.75, 3.05) is 13.1 Å². The summed E-state index contributed by atoms with van der Waals surface area (Å²) in [5, 5.41) is 4.80. The maximum atomic E-state index is 12.0. The molecular weight excluding hydrogens is 269 g/mol. The summed E-state index contributed by atoms with van der Waals surface area (Å²) in [5.74, 6) is -0.475. The molecule has 0 heterocycles. The lowest BCUT2D eigenvalue weighted by atomic mass is 10.0. The highest BCUT2D eigenvalue weighted by atomic mass is 19.4. The molecule has 0 spiro atoms. The van der Waals surface area contributed by atoms with Gasteiger partial charge in [-0.1, -0.05) is 37.3 Å².